The van der Waals surface area contributed by atoms with E-state index in [2.05, 4.69) is 24.5 Å². The van der Waals surface area contributed by atoms with Crippen LogP contribution in [0.25, 0.3) is 0 Å². The van der Waals surface area contributed by atoms with Crippen molar-refractivity contribution in [3.63, 3.8) is 0 Å². The Morgan fingerprint density at radius 2 is 1.62 bits per heavy atom. The summed E-state index contributed by atoms with van der Waals surface area (Å²) < 4.78 is 0. The lowest BCUT2D eigenvalue weighted by Crippen LogP contribution is -2.40. The summed E-state index contributed by atoms with van der Waals surface area (Å²) >= 11 is 0. The van der Waals surface area contributed by atoms with Crippen molar-refractivity contribution in [1.29, 1.82) is 0 Å². The van der Waals surface area contributed by atoms with Crippen molar-refractivity contribution in [1.82, 2.24) is 15.5 Å². The molecule has 1 saturated heterocycles. The fraction of sp³-hybridized carbons (Fsp3) is 0.833. The Balaban J connectivity index is 1.63. The van der Waals surface area contributed by atoms with Crippen molar-refractivity contribution < 1.29 is 14.4 Å². The van der Waals surface area contributed by atoms with Crippen LogP contribution >= 0.6 is 0 Å². The molecule has 1 saturated carbocycles. The van der Waals surface area contributed by atoms with Crippen LogP contribution < -0.4 is 10.6 Å². The van der Waals surface area contributed by atoms with Gasteiger partial charge in [-0.05, 0) is 18.8 Å². The maximum absolute atomic E-state index is 12.2. The van der Waals surface area contributed by atoms with Gasteiger partial charge in [0.25, 0.3) is 0 Å². The molecule has 3 amide bonds. The van der Waals surface area contributed by atoms with Gasteiger partial charge in [0, 0.05) is 38.5 Å². The van der Waals surface area contributed by atoms with Crippen LogP contribution in [0, 0.1) is 17.8 Å². The van der Waals surface area contributed by atoms with E-state index in [-0.39, 0.29) is 29.6 Å². The van der Waals surface area contributed by atoms with Crippen molar-refractivity contribution in [2.45, 2.75) is 52.4 Å². The van der Waals surface area contributed by atoms with Crippen LogP contribution in [-0.2, 0) is 14.4 Å². The van der Waals surface area contributed by atoms with Crippen molar-refractivity contribution in [3.8, 4) is 0 Å². The lowest BCUT2D eigenvalue weighted by molar-refractivity contribution is -0.129. The summed E-state index contributed by atoms with van der Waals surface area (Å²) in [5.41, 5.74) is 0. The zero-order chi connectivity index (χ0) is 17.5. The molecule has 24 heavy (non-hydrogen) atoms. The maximum atomic E-state index is 12.2. The van der Waals surface area contributed by atoms with E-state index in [1.807, 2.05) is 0 Å². The van der Waals surface area contributed by atoms with E-state index in [1.165, 1.54) is 6.42 Å². The van der Waals surface area contributed by atoms with E-state index in [1.54, 1.807) is 4.90 Å². The van der Waals surface area contributed by atoms with Gasteiger partial charge in [-0.25, -0.2) is 0 Å². The summed E-state index contributed by atoms with van der Waals surface area (Å²) in [4.78, 5) is 37.9. The molecular weight excluding hydrogens is 306 g/mol. The number of likely N-dealkylation sites (tertiary alicyclic amines) is 1. The summed E-state index contributed by atoms with van der Waals surface area (Å²) in [7, 11) is 0. The average molecular weight is 337 g/mol. The summed E-state index contributed by atoms with van der Waals surface area (Å²) in [6, 6.07) is 0. The summed E-state index contributed by atoms with van der Waals surface area (Å²) in [6.07, 6.45) is 5.76. The lowest BCUT2D eigenvalue weighted by Gasteiger charge is -2.21. The van der Waals surface area contributed by atoms with Crippen LogP contribution in [0.3, 0.4) is 0 Å². The Hall–Kier alpha value is -1.59. The first-order valence-electron chi connectivity index (χ1n) is 9.30. The number of carbonyl (C=O) groups excluding carboxylic acids is 3. The fourth-order valence-corrected chi connectivity index (χ4v) is 3.59. The van der Waals surface area contributed by atoms with Crippen LogP contribution in [-0.4, -0.2) is 48.8 Å². The highest BCUT2D eigenvalue weighted by Gasteiger charge is 2.34. The third kappa shape index (κ3) is 5.49. The number of rotatable bonds is 7. The van der Waals surface area contributed by atoms with Crippen molar-refractivity contribution in [3.05, 3.63) is 0 Å². The molecule has 2 N–H and O–H groups in total. The molecule has 1 heterocycles. The minimum absolute atomic E-state index is 0.0643. The monoisotopic (exact) mass is 337 g/mol. The predicted molar refractivity (Wildman–Crippen MR) is 92.1 cm³/mol. The van der Waals surface area contributed by atoms with Gasteiger partial charge in [-0.3, -0.25) is 14.4 Å². The average Bonchev–Trinajstić information content (AvgIpc) is 2.92. The van der Waals surface area contributed by atoms with Gasteiger partial charge in [-0.15, -0.1) is 0 Å². The second kappa shape index (κ2) is 9.04. The van der Waals surface area contributed by atoms with E-state index in [0.29, 0.717) is 38.5 Å². The third-order valence-electron chi connectivity index (χ3n) is 4.87. The molecule has 0 aromatic rings. The SMILES string of the molecule is CC(C)CN1C[C@H](C(=O)NCCNC(=O)C2CCCCC2)CC1=O. The van der Waals surface area contributed by atoms with Gasteiger partial charge in [0.15, 0.2) is 0 Å². The highest BCUT2D eigenvalue weighted by atomic mass is 16.2. The van der Waals surface area contributed by atoms with Crippen molar-refractivity contribution in [2.75, 3.05) is 26.2 Å². The largest absolute Gasteiger partial charge is 0.354 e. The topological polar surface area (TPSA) is 78.5 Å². The zero-order valence-corrected chi connectivity index (χ0v) is 15.0. The minimum Gasteiger partial charge on any atom is -0.354 e. The molecule has 6 nitrogen and oxygen atoms in total. The molecule has 0 radical (unpaired) electrons. The first-order valence-corrected chi connectivity index (χ1v) is 9.30. The predicted octanol–water partition coefficient (Wildman–Crippen LogP) is 1.30. The van der Waals surface area contributed by atoms with E-state index < -0.39 is 0 Å². The molecule has 0 aromatic carbocycles. The number of hydrogen-bond donors (Lipinski definition) is 2. The number of amides is 3. The van der Waals surface area contributed by atoms with E-state index in [4.69, 9.17) is 0 Å². The van der Waals surface area contributed by atoms with Crippen molar-refractivity contribution >= 4 is 17.7 Å². The molecule has 0 spiro atoms. The van der Waals surface area contributed by atoms with E-state index >= 15 is 0 Å². The Labute approximate surface area is 144 Å². The van der Waals surface area contributed by atoms with Crippen LogP contribution in [0.4, 0.5) is 0 Å². The molecule has 136 valence electrons. The second-order valence-corrected chi connectivity index (χ2v) is 7.51. The van der Waals surface area contributed by atoms with Gasteiger partial charge in [0.2, 0.25) is 17.7 Å². The van der Waals surface area contributed by atoms with Gasteiger partial charge in [-0.1, -0.05) is 33.1 Å². The number of nitrogens with zero attached hydrogens (tertiary/aromatic N) is 1. The zero-order valence-electron chi connectivity index (χ0n) is 15.0. The van der Waals surface area contributed by atoms with Crippen LogP contribution in [0.15, 0.2) is 0 Å². The Morgan fingerprint density at radius 1 is 1.04 bits per heavy atom. The van der Waals surface area contributed by atoms with Crippen molar-refractivity contribution in [2.24, 2.45) is 17.8 Å². The smallest absolute Gasteiger partial charge is 0.225 e. The van der Waals surface area contributed by atoms with E-state index in [9.17, 15) is 14.4 Å². The first-order chi connectivity index (χ1) is 11.5. The highest BCUT2D eigenvalue weighted by Crippen LogP contribution is 2.23. The summed E-state index contributed by atoms with van der Waals surface area (Å²) in [5, 5.41) is 5.76. The first kappa shape index (κ1) is 18.7. The standard InChI is InChI=1S/C18H31N3O3/c1-13(2)11-21-12-15(10-16(21)22)18(24)20-9-8-19-17(23)14-6-4-3-5-7-14/h13-15H,3-12H2,1-2H3,(H,19,23)(H,20,24)/t15-/m1/s1. The number of carbonyl (C=O) groups is 3. The molecule has 1 aliphatic heterocycles. The van der Waals surface area contributed by atoms with Gasteiger partial charge < -0.3 is 15.5 Å². The Bertz CT molecular complexity index is 458. The summed E-state index contributed by atoms with van der Waals surface area (Å²) in [5.74, 6) is 0.390. The molecule has 6 heteroatoms. The molecule has 0 unspecified atom stereocenters. The molecular formula is C18H31N3O3. The molecule has 0 bridgehead atoms. The lowest BCUT2D eigenvalue weighted by atomic mass is 9.89. The number of nitrogens with one attached hydrogen (secondary N) is 2. The van der Waals surface area contributed by atoms with Crippen LogP contribution in [0.1, 0.15) is 52.4 Å². The Kier molecular flexibility index (Phi) is 7.06. The molecule has 2 fully saturated rings. The van der Waals surface area contributed by atoms with Gasteiger partial charge in [0.05, 0.1) is 5.92 Å². The molecule has 2 aliphatic rings. The summed E-state index contributed by atoms with van der Waals surface area (Å²) in [6.45, 7) is 6.23. The quantitative estimate of drug-likeness (QED) is 0.688. The van der Waals surface area contributed by atoms with E-state index in [0.717, 1.165) is 25.7 Å². The van der Waals surface area contributed by atoms with Gasteiger partial charge in [0.1, 0.15) is 0 Å². The van der Waals surface area contributed by atoms with Gasteiger partial charge in [-0.2, -0.15) is 0 Å². The minimum atomic E-state index is -0.259. The van der Waals surface area contributed by atoms with Gasteiger partial charge >= 0.3 is 0 Å². The third-order valence-corrected chi connectivity index (χ3v) is 4.87. The normalized spacial score (nSPS) is 22.0. The fourth-order valence-electron chi connectivity index (χ4n) is 3.59. The number of hydrogen-bond acceptors (Lipinski definition) is 3. The molecule has 2 rings (SSSR count). The molecule has 1 aliphatic carbocycles. The van der Waals surface area contributed by atoms with Crippen LogP contribution in [0.2, 0.25) is 0 Å². The second-order valence-electron chi connectivity index (χ2n) is 7.51. The van der Waals surface area contributed by atoms with Crippen LogP contribution in [0.5, 0.6) is 0 Å². The molecule has 1 atom stereocenters. The highest BCUT2D eigenvalue weighted by molar-refractivity contribution is 5.89. The molecule has 0 aromatic heterocycles. The Morgan fingerprint density at radius 3 is 2.21 bits per heavy atom. The maximum Gasteiger partial charge on any atom is 0.225 e.